The van der Waals surface area contributed by atoms with E-state index in [4.69, 9.17) is 10.1 Å². The van der Waals surface area contributed by atoms with E-state index in [1.807, 2.05) is 22.9 Å². The lowest BCUT2D eigenvalue weighted by molar-refractivity contribution is 0.890. The van der Waals surface area contributed by atoms with E-state index < -0.39 is 0 Å². The van der Waals surface area contributed by atoms with Crippen LogP contribution in [0.15, 0.2) is 146 Å². The van der Waals surface area contributed by atoms with E-state index in [1.54, 1.807) is 0 Å². The van der Waals surface area contributed by atoms with Gasteiger partial charge in [-0.25, -0.2) is 9.67 Å². The van der Waals surface area contributed by atoms with Crippen LogP contribution in [0.3, 0.4) is 0 Å². The molecule has 0 unspecified atom stereocenters. The second-order valence-electron chi connectivity index (χ2n) is 9.95. The second-order valence-corrected chi connectivity index (χ2v) is 9.95. The van der Waals surface area contributed by atoms with Crippen LogP contribution in [0.4, 0.5) is 0 Å². The van der Waals surface area contributed by atoms with Gasteiger partial charge in [0.15, 0.2) is 11.6 Å². The predicted octanol–water partition coefficient (Wildman–Crippen LogP) is 8.85. The molecule has 0 N–H and O–H groups in total. The van der Waals surface area contributed by atoms with Gasteiger partial charge in [0.25, 0.3) is 0 Å². The van der Waals surface area contributed by atoms with Crippen LogP contribution in [0, 0.1) is 0 Å². The summed E-state index contributed by atoms with van der Waals surface area (Å²) in [5.41, 5.74) is 6.50. The van der Waals surface area contributed by atoms with E-state index in [2.05, 4.69) is 132 Å². The first-order chi connectivity index (χ1) is 19.8. The molecular formula is C36H24N4. The smallest absolute Gasteiger partial charge is 0.182 e. The molecule has 188 valence electrons. The van der Waals surface area contributed by atoms with Crippen molar-refractivity contribution in [2.24, 2.45) is 0 Å². The molecular weight excluding hydrogens is 488 g/mol. The summed E-state index contributed by atoms with van der Waals surface area (Å²) in [4.78, 5) is 5.08. The molecule has 0 spiro atoms. The fourth-order valence-electron chi connectivity index (χ4n) is 5.74. The Morgan fingerprint density at radius 2 is 1.02 bits per heavy atom. The van der Waals surface area contributed by atoms with Crippen LogP contribution in [0.1, 0.15) is 0 Å². The SMILES string of the molecule is c1ccc(-c2nc(-c3cccc4ccccc34)n(-c3ccc(-n4c5ccccc5c5ccccc54)cc3)n2)cc1. The molecule has 0 amide bonds. The molecule has 0 saturated heterocycles. The quantitative estimate of drug-likeness (QED) is 0.236. The van der Waals surface area contributed by atoms with Crippen molar-refractivity contribution in [2.45, 2.75) is 0 Å². The van der Waals surface area contributed by atoms with E-state index in [0.29, 0.717) is 5.82 Å². The van der Waals surface area contributed by atoms with Crippen LogP contribution in [0.2, 0.25) is 0 Å². The zero-order valence-corrected chi connectivity index (χ0v) is 21.6. The van der Waals surface area contributed by atoms with Gasteiger partial charge in [-0.3, -0.25) is 0 Å². The Morgan fingerprint density at radius 3 is 1.75 bits per heavy atom. The van der Waals surface area contributed by atoms with Crippen molar-refractivity contribution >= 4 is 32.6 Å². The molecule has 8 aromatic rings. The van der Waals surface area contributed by atoms with Gasteiger partial charge in [0.1, 0.15) is 0 Å². The minimum Gasteiger partial charge on any atom is -0.309 e. The largest absolute Gasteiger partial charge is 0.309 e. The van der Waals surface area contributed by atoms with Crippen LogP contribution in [-0.2, 0) is 0 Å². The Labute approximate surface area is 231 Å². The molecule has 0 saturated carbocycles. The normalized spacial score (nSPS) is 11.5. The molecule has 0 bridgehead atoms. The van der Waals surface area contributed by atoms with E-state index in [-0.39, 0.29) is 0 Å². The van der Waals surface area contributed by atoms with Crippen molar-refractivity contribution in [3.05, 3.63) is 146 Å². The van der Waals surface area contributed by atoms with E-state index in [9.17, 15) is 0 Å². The number of aromatic nitrogens is 4. The molecule has 8 rings (SSSR count). The Morgan fingerprint density at radius 1 is 0.450 bits per heavy atom. The molecule has 0 fully saturated rings. The van der Waals surface area contributed by atoms with Gasteiger partial charge in [0.2, 0.25) is 0 Å². The Bertz CT molecular complexity index is 2090. The number of nitrogens with zero attached hydrogens (tertiary/aromatic N) is 4. The standard InChI is InChI=1S/C36H24N4/c1-2-12-26(13-3-1)35-37-36(32-18-10-14-25-11-4-5-15-29(25)32)40(38-35)28-23-21-27(22-24-28)39-33-19-8-6-16-30(33)31-17-7-9-20-34(31)39/h1-24H. The zero-order valence-electron chi connectivity index (χ0n) is 21.6. The summed E-state index contributed by atoms with van der Waals surface area (Å²) in [7, 11) is 0. The summed E-state index contributed by atoms with van der Waals surface area (Å²) in [6.45, 7) is 0. The van der Waals surface area contributed by atoms with Crippen LogP contribution in [0.25, 0.3) is 66.7 Å². The first kappa shape index (κ1) is 22.5. The fraction of sp³-hybridized carbons (Fsp3) is 0. The molecule has 6 aromatic carbocycles. The molecule has 0 aliphatic rings. The average molecular weight is 513 g/mol. The number of hydrogen-bond donors (Lipinski definition) is 0. The van der Waals surface area contributed by atoms with Crippen LogP contribution in [-0.4, -0.2) is 19.3 Å². The fourth-order valence-corrected chi connectivity index (χ4v) is 5.74. The summed E-state index contributed by atoms with van der Waals surface area (Å²) in [5.74, 6) is 1.52. The molecule has 0 atom stereocenters. The number of benzene rings is 6. The highest BCUT2D eigenvalue weighted by Gasteiger charge is 2.18. The van der Waals surface area contributed by atoms with E-state index >= 15 is 0 Å². The van der Waals surface area contributed by atoms with Gasteiger partial charge in [-0.15, -0.1) is 5.10 Å². The number of hydrogen-bond acceptors (Lipinski definition) is 2. The van der Waals surface area contributed by atoms with Crippen LogP contribution in [0.5, 0.6) is 0 Å². The van der Waals surface area contributed by atoms with Crippen molar-refractivity contribution in [3.8, 4) is 34.2 Å². The van der Waals surface area contributed by atoms with Crippen molar-refractivity contribution in [3.63, 3.8) is 0 Å². The van der Waals surface area contributed by atoms with Gasteiger partial charge >= 0.3 is 0 Å². The third-order valence-corrected chi connectivity index (χ3v) is 7.60. The molecule has 0 aliphatic heterocycles. The Balaban J connectivity index is 1.31. The molecule has 40 heavy (non-hydrogen) atoms. The van der Waals surface area contributed by atoms with Crippen molar-refractivity contribution in [1.82, 2.24) is 19.3 Å². The first-order valence-corrected chi connectivity index (χ1v) is 13.4. The maximum absolute atomic E-state index is 5.08. The van der Waals surface area contributed by atoms with Gasteiger partial charge in [0, 0.05) is 27.6 Å². The molecule has 0 radical (unpaired) electrons. The van der Waals surface area contributed by atoms with Crippen LogP contribution >= 0.6 is 0 Å². The summed E-state index contributed by atoms with van der Waals surface area (Å²) in [6, 6.07) is 50.7. The van der Waals surface area contributed by atoms with E-state index in [0.717, 1.165) is 33.7 Å². The first-order valence-electron chi connectivity index (χ1n) is 13.4. The summed E-state index contributed by atoms with van der Waals surface area (Å²) >= 11 is 0. The van der Waals surface area contributed by atoms with Gasteiger partial charge in [-0.1, -0.05) is 109 Å². The minimum absolute atomic E-state index is 0.704. The third-order valence-electron chi connectivity index (χ3n) is 7.60. The highest BCUT2D eigenvalue weighted by molar-refractivity contribution is 6.09. The molecule has 0 aliphatic carbocycles. The highest BCUT2D eigenvalue weighted by Crippen LogP contribution is 2.34. The van der Waals surface area contributed by atoms with Crippen molar-refractivity contribution in [2.75, 3.05) is 0 Å². The summed E-state index contributed by atoms with van der Waals surface area (Å²) < 4.78 is 4.30. The molecule has 4 nitrogen and oxygen atoms in total. The van der Waals surface area contributed by atoms with Gasteiger partial charge in [0.05, 0.1) is 16.7 Å². The second kappa shape index (κ2) is 9.07. The van der Waals surface area contributed by atoms with Gasteiger partial charge < -0.3 is 4.57 Å². The maximum atomic E-state index is 5.08. The monoisotopic (exact) mass is 512 g/mol. The number of rotatable bonds is 4. The summed E-state index contributed by atoms with van der Waals surface area (Å²) in [5, 5.41) is 9.86. The molecule has 4 heteroatoms. The lowest BCUT2D eigenvalue weighted by Crippen LogP contribution is -2.01. The molecule has 2 heterocycles. The van der Waals surface area contributed by atoms with Crippen LogP contribution < -0.4 is 0 Å². The van der Waals surface area contributed by atoms with E-state index in [1.165, 1.54) is 27.2 Å². The number of fused-ring (bicyclic) bond motifs is 4. The lowest BCUT2D eigenvalue weighted by Gasteiger charge is -2.11. The van der Waals surface area contributed by atoms with Gasteiger partial charge in [-0.2, -0.15) is 0 Å². The zero-order chi connectivity index (χ0) is 26.5. The maximum Gasteiger partial charge on any atom is 0.182 e. The van der Waals surface area contributed by atoms with Gasteiger partial charge in [-0.05, 0) is 47.2 Å². The Hall–Kier alpha value is -5.48. The number of para-hydroxylation sites is 2. The lowest BCUT2D eigenvalue weighted by atomic mass is 10.0. The molecule has 2 aromatic heterocycles. The highest BCUT2D eigenvalue weighted by atomic mass is 15.4. The van der Waals surface area contributed by atoms with Crippen molar-refractivity contribution in [1.29, 1.82) is 0 Å². The Kier molecular flexibility index (Phi) is 5.10. The predicted molar refractivity (Wildman–Crippen MR) is 164 cm³/mol. The summed E-state index contributed by atoms with van der Waals surface area (Å²) in [6.07, 6.45) is 0. The average Bonchev–Trinajstić information content (AvgIpc) is 3.62. The minimum atomic E-state index is 0.704. The third kappa shape index (κ3) is 3.54. The van der Waals surface area contributed by atoms with Crippen molar-refractivity contribution < 1.29 is 0 Å². The topological polar surface area (TPSA) is 35.6 Å².